The van der Waals surface area contributed by atoms with Crippen LogP contribution in [0, 0.1) is 5.41 Å². The maximum atomic E-state index is 9.70. The summed E-state index contributed by atoms with van der Waals surface area (Å²) in [5.74, 6) is 0. The Kier molecular flexibility index (Phi) is 4.93. The summed E-state index contributed by atoms with van der Waals surface area (Å²) in [4.78, 5) is 0. The van der Waals surface area contributed by atoms with Gasteiger partial charge in [-0.05, 0) is 25.7 Å². The lowest BCUT2D eigenvalue weighted by molar-refractivity contribution is -0.159. The van der Waals surface area contributed by atoms with Gasteiger partial charge in [0.25, 0.3) is 0 Å². The number of ether oxygens (including phenoxy) is 1. The largest absolute Gasteiger partial charge is 0.390 e. The average Bonchev–Trinajstić information content (AvgIpc) is 2.03. The van der Waals surface area contributed by atoms with Crippen LogP contribution in [0.1, 0.15) is 48.0 Å². The van der Waals surface area contributed by atoms with Crippen LogP contribution in [0.3, 0.4) is 0 Å². The van der Waals surface area contributed by atoms with Crippen LogP contribution in [0.5, 0.6) is 0 Å². The van der Waals surface area contributed by atoms with E-state index in [0.29, 0.717) is 0 Å². The molecule has 0 aromatic carbocycles. The zero-order valence-electron chi connectivity index (χ0n) is 9.79. The second-order valence-corrected chi connectivity index (χ2v) is 4.29. The molecule has 2 nitrogen and oxygen atoms in total. The molecule has 80 valence electrons. The minimum absolute atomic E-state index is 0.0110. The van der Waals surface area contributed by atoms with Crippen molar-refractivity contribution in [2.45, 2.75) is 66.3 Å². The molecule has 1 saturated heterocycles. The van der Waals surface area contributed by atoms with Gasteiger partial charge in [0.15, 0.2) is 0 Å². The molecule has 0 aromatic heterocycles. The molecular weight excluding hydrogens is 164 g/mol. The van der Waals surface area contributed by atoms with Gasteiger partial charge in [-0.2, -0.15) is 0 Å². The molecule has 0 bridgehead atoms. The van der Waals surface area contributed by atoms with E-state index >= 15 is 0 Å². The van der Waals surface area contributed by atoms with Crippen molar-refractivity contribution in [3.05, 3.63) is 0 Å². The zero-order valence-corrected chi connectivity index (χ0v) is 9.79. The lowest BCUT2D eigenvalue weighted by Crippen LogP contribution is -2.47. The van der Waals surface area contributed by atoms with E-state index < -0.39 is 0 Å². The van der Waals surface area contributed by atoms with Crippen molar-refractivity contribution in [2.24, 2.45) is 5.41 Å². The Hall–Kier alpha value is -0.0800. The van der Waals surface area contributed by atoms with Gasteiger partial charge in [0.1, 0.15) is 0 Å². The molecule has 1 unspecified atom stereocenters. The molecule has 0 spiro atoms. The van der Waals surface area contributed by atoms with Crippen molar-refractivity contribution in [3.63, 3.8) is 0 Å². The highest BCUT2D eigenvalue weighted by Crippen LogP contribution is 2.35. The Morgan fingerprint density at radius 1 is 1.23 bits per heavy atom. The maximum absolute atomic E-state index is 9.70. The van der Waals surface area contributed by atoms with Crippen LogP contribution in [0.25, 0.3) is 0 Å². The standard InChI is InChI=1S/C9H18O2.C2H6/c1-6-5-9(3,4)8(10)7(2)11-6;1-2/h6-8,10H,5H2,1-4H3;1-2H3/t6-,7?,8-;/m0./s1. The zero-order chi connectivity index (χ0) is 10.6. The monoisotopic (exact) mass is 188 g/mol. The summed E-state index contributed by atoms with van der Waals surface area (Å²) in [6.07, 6.45) is 0.884. The summed E-state index contributed by atoms with van der Waals surface area (Å²) in [5.41, 5.74) is 0.0110. The number of hydrogen-bond acceptors (Lipinski definition) is 2. The Labute approximate surface area is 82.3 Å². The first-order valence-corrected chi connectivity index (χ1v) is 5.27. The predicted molar refractivity (Wildman–Crippen MR) is 55.8 cm³/mol. The molecule has 1 aliphatic rings. The van der Waals surface area contributed by atoms with Gasteiger partial charge in [0, 0.05) is 0 Å². The average molecular weight is 188 g/mol. The highest BCUT2D eigenvalue weighted by molar-refractivity contribution is 4.88. The summed E-state index contributed by atoms with van der Waals surface area (Å²) in [6.45, 7) is 12.2. The quantitative estimate of drug-likeness (QED) is 0.633. The molecule has 1 aliphatic heterocycles. The molecular formula is C11H24O2. The fourth-order valence-electron chi connectivity index (χ4n) is 1.99. The minimum atomic E-state index is -0.321. The van der Waals surface area contributed by atoms with Crippen molar-refractivity contribution in [1.82, 2.24) is 0 Å². The van der Waals surface area contributed by atoms with Gasteiger partial charge in [0.05, 0.1) is 18.3 Å². The van der Waals surface area contributed by atoms with Crippen LogP contribution in [-0.4, -0.2) is 23.4 Å². The number of aliphatic hydroxyl groups excluding tert-OH is 1. The van der Waals surface area contributed by atoms with Crippen molar-refractivity contribution in [1.29, 1.82) is 0 Å². The molecule has 13 heavy (non-hydrogen) atoms. The summed E-state index contributed by atoms with van der Waals surface area (Å²) in [7, 11) is 0. The van der Waals surface area contributed by atoms with E-state index in [2.05, 4.69) is 20.8 Å². The molecule has 1 rings (SSSR count). The number of hydrogen-bond donors (Lipinski definition) is 1. The Morgan fingerprint density at radius 2 is 1.69 bits per heavy atom. The number of aliphatic hydroxyl groups is 1. The molecule has 1 fully saturated rings. The van der Waals surface area contributed by atoms with Crippen LogP contribution in [-0.2, 0) is 4.74 Å². The molecule has 3 atom stereocenters. The summed E-state index contributed by atoms with van der Waals surface area (Å²) < 4.78 is 5.48. The first-order valence-electron chi connectivity index (χ1n) is 5.27. The molecule has 0 aliphatic carbocycles. The van der Waals surface area contributed by atoms with Crippen molar-refractivity contribution >= 4 is 0 Å². The summed E-state index contributed by atoms with van der Waals surface area (Å²) in [6, 6.07) is 0. The van der Waals surface area contributed by atoms with E-state index in [-0.39, 0.29) is 23.7 Å². The third-order valence-electron chi connectivity index (χ3n) is 2.51. The van der Waals surface area contributed by atoms with E-state index in [1.807, 2.05) is 20.8 Å². The van der Waals surface area contributed by atoms with Crippen molar-refractivity contribution in [2.75, 3.05) is 0 Å². The van der Waals surface area contributed by atoms with Crippen LogP contribution >= 0.6 is 0 Å². The highest BCUT2D eigenvalue weighted by atomic mass is 16.5. The fraction of sp³-hybridized carbons (Fsp3) is 1.00. The fourth-order valence-corrected chi connectivity index (χ4v) is 1.99. The van der Waals surface area contributed by atoms with E-state index in [1.54, 1.807) is 0 Å². The maximum Gasteiger partial charge on any atom is 0.0850 e. The lowest BCUT2D eigenvalue weighted by Gasteiger charge is -2.42. The lowest BCUT2D eigenvalue weighted by atomic mass is 9.77. The third-order valence-corrected chi connectivity index (χ3v) is 2.51. The summed E-state index contributed by atoms with van der Waals surface area (Å²) in [5, 5.41) is 9.70. The smallest absolute Gasteiger partial charge is 0.0850 e. The molecule has 0 aromatic rings. The first-order chi connectivity index (χ1) is 5.93. The van der Waals surface area contributed by atoms with Gasteiger partial charge >= 0.3 is 0 Å². The Bertz CT molecular complexity index is 143. The molecule has 2 heteroatoms. The highest BCUT2D eigenvalue weighted by Gasteiger charge is 2.39. The van der Waals surface area contributed by atoms with Gasteiger partial charge in [0.2, 0.25) is 0 Å². The van der Waals surface area contributed by atoms with Crippen LogP contribution in [0.4, 0.5) is 0 Å². The van der Waals surface area contributed by atoms with E-state index in [0.717, 1.165) is 6.42 Å². The normalized spacial score (nSPS) is 37.6. The predicted octanol–water partition coefficient (Wildman–Crippen LogP) is 2.60. The van der Waals surface area contributed by atoms with Crippen molar-refractivity contribution in [3.8, 4) is 0 Å². The van der Waals surface area contributed by atoms with E-state index in [1.165, 1.54) is 0 Å². The molecule has 1 N–H and O–H groups in total. The minimum Gasteiger partial charge on any atom is -0.390 e. The van der Waals surface area contributed by atoms with Gasteiger partial charge < -0.3 is 9.84 Å². The second kappa shape index (κ2) is 4.97. The topological polar surface area (TPSA) is 29.5 Å². The van der Waals surface area contributed by atoms with E-state index in [9.17, 15) is 5.11 Å². The van der Waals surface area contributed by atoms with Gasteiger partial charge in [-0.15, -0.1) is 0 Å². The molecule has 0 radical (unpaired) electrons. The third kappa shape index (κ3) is 3.28. The van der Waals surface area contributed by atoms with Crippen LogP contribution < -0.4 is 0 Å². The first kappa shape index (κ1) is 12.9. The Balaban J connectivity index is 0.000000671. The van der Waals surface area contributed by atoms with E-state index in [4.69, 9.17) is 4.74 Å². The Morgan fingerprint density at radius 3 is 2.08 bits per heavy atom. The van der Waals surface area contributed by atoms with Gasteiger partial charge in [-0.1, -0.05) is 27.7 Å². The summed E-state index contributed by atoms with van der Waals surface area (Å²) >= 11 is 0. The van der Waals surface area contributed by atoms with Crippen LogP contribution in [0.15, 0.2) is 0 Å². The SMILES string of the molecule is CC.CC1O[C@@H](C)CC(C)(C)[C@H]1O. The molecule has 1 heterocycles. The second-order valence-electron chi connectivity index (χ2n) is 4.29. The molecule has 0 saturated carbocycles. The van der Waals surface area contributed by atoms with Crippen LogP contribution in [0.2, 0.25) is 0 Å². The van der Waals surface area contributed by atoms with Gasteiger partial charge in [-0.3, -0.25) is 0 Å². The number of rotatable bonds is 0. The molecule has 0 amide bonds. The van der Waals surface area contributed by atoms with Crippen molar-refractivity contribution < 1.29 is 9.84 Å². The van der Waals surface area contributed by atoms with Gasteiger partial charge in [-0.25, -0.2) is 0 Å².